The molecule has 0 aliphatic rings. The summed E-state index contributed by atoms with van der Waals surface area (Å²) >= 11 is 0. The van der Waals surface area contributed by atoms with Crippen molar-refractivity contribution in [3.8, 4) is 0 Å². The van der Waals surface area contributed by atoms with Gasteiger partial charge >= 0.3 is 0 Å². The topological polar surface area (TPSA) is 46.2 Å². The molecule has 0 fully saturated rings. The van der Waals surface area contributed by atoms with E-state index in [-0.39, 0.29) is 12.1 Å². The van der Waals surface area contributed by atoms with E-state index >= 15 is 0 Å². The Hall–Kier alpha value is -0.0800. The molecule has 0 amide bonds. The lowest BCUT2D eigenvalue weighted by molar-refractivity contribution is 0.217. The maximum Gasteiger partial charge on any atom is 0.0448 e. The van der Waals surface area contributed by atoms with Crippen LogP contribution in [-0.4, -0.2) is 17.3 Å². The molecule has 3 N–H and O–H groups in total. The summed E-state index contributed by atoms with van der Waals surface area (Å²) in [7, 11) is 0. The summed E-state index contributed by atoms with van der Waals surface area (Å²) in [5.74, 6) is 0. The van der Waals surface area contributed by atoms with Gasteiger partial charge in [0.15, 0.2) is 0 Å². The van der Waals surface area contributed by atoms with Crippen LogP contribution in [0.1, 0.15) is 58.8 Å². The summed E-state index contributed by atoms with van der Waals surface area (Å²) in [5, 5.41) is 8.92. The van der Waals surface area contributed by atoms with Crippen molar-refractivity contribution < 1.29 is 5.11 Å². The highest BCUT2D eigenvalue weighted by atomic mass is 16.3. The zero-order valence-electron chi connectivity index (χ0n) is 9.18. The van der Waals surface area contributed by atoms with E-state index < -0.39 is 0 Å². The van der Waals surface area contributed by atoms with E-state index in [0.29, 0.717) is 0 Å². The number of aliphatic hydroxyl groups excluding tert-OH is 1. The van der Waals surface area contributed by atoms with Crippen LogP contribution in [0.5, 0.6) is 0 Å². The van der Waals surface area contributed by atoms with Gasteiger partial charge in [-0.1, -0.05) is 39.5 Å². The minimum atomic E-state index is -0.0965. The van der Waals surface area contributed by atoms with Gasteiger partial charge in [-0.15, -0.1) is 0 Å². The summed E-state index contributed by atoms with van der Waals surface area (Å²) < 4.78 is 0. The van der Waals surface area contributed by atoms with E-state index in [1.165, 1.54) is 25.7 Å². The molecule has 0 atom stereocenters. The molecule has 0 saturated heterocycles. The molecule has 13 heavy (non-hydrogen) atoms. The number of hydrogen-bond donors (Lipinski definition) is 2. The van der Waals surface area contributed by atoms with Crippen LogP contribution in [0.15, 0.2) is 0 Å². The van der Waals surface area contributed by atoms with Crippen molar-refractivity contribution in [1.82, 2.24) is 0 Å². The first-order chi connectivity index (χ1) is 6.18. The molecule has 0 aliphatic carbocycles. The summed E-state index contributed by atoms with van der Waals surface area (Å²) in [6.45, 7) is 4.59. The Balaban J connectivity index is 3.84. The summed E-state index contributed by atoms with van der Waals surface area (Å²) in [6, 6.07) is 0. The first-order valence-electron chi connectivity index (χ1n) is 5.58. The van der Waals surface area contributed by atoms with Gasteiger partial charge in [-0.3, -0.25) is 0 Å². The van der Waals surface area contributed by atoms with Gasteiger partial charge in [0.05, 0.1) is 0 Å². The van der Waals surface area contributed by atoms with Gasteiger partial charge in [0, 0.05) is 12.1 Å². The molecule has 0 heterocycles. The standard InChI is InChI=1S/C11H25NO/c1-3-5-7-11(12,9-10-13)8-6-4-2/h13H,3-10,12H2,1-2H3. The number of hydrogen-bond acceptors (Lipinski definition) is 2. The van der Waals surface area contributed by atoms with E-state index in [1.54, 1.807) is 0 Å². The highest BCUT2D eigenvalue weighted by Crippen LogP contribution is 2.21. The van der Waals surface area contributed by atoms with Gasteiger partial charge < -0.3 is 10.8 Å². The maximum atomic E-state index is 8.92. The Morgan fingerprint density at radius 3 is 1.77 bits per heavy atom. The van der Waals surface area contributed by atoms with Gasteiger partial charge in [0.2, 0.25) is 0 Å². The van der Waals surface area contributed by atoms with Crippen molar-refractivity contribution in [3.63, 3.8) is 0 Å². The van der Waals surface area contributed by atoms with Crippen LogP contribution in [0, 0.1) is 0 Å². The second-order valence-corrected chi connectivity index (χ2v) is 4.04. The molecule has 0 aromatic carbocycles. The Labute approximate surface area is 82.5 Å². The largest absolute Gasteiger partial charge is 0.396 e. The van der Waals surface area contributed by atoms with Crippen LogP contribution < -0.4 is 5.73 Å². The van der Waals surface area contributed by atoms with Crippen molar-refractivity contribution in [2.75, 3.05) is 6.61 Å². The summed E-state index contributed by atoms with van der Waals surface area (Å²) in [6.07, 6.45) is 7.62. The Bertz CT molecular complexity index is 107. The van der Waals surface area contributed by atoms with E-state index in [4.69, 9.17) is 10.8 Å². The molecule has 0 bridgehead atoms. The van der Waals surface area contributed by atoms with E-state index in [1.807, 2.05) is 0 Å². The highest BCUT2D eigenvalue weighted by molar-refractivity contribution is 4.83. The maximum absolute atomic E-state index is 8.92. The monoisotopic (exact) mass is 187 g/mol. The number of unbranched alkanes of at least 4 members (excludes halogenated alkanes) is 2. The molecule has 0 radical (unpaired) electrons. The average molecular weight is 187 g/mol. The van der Waals surface area contributed by atoms with Gasteiger partial charge in [0.1, 0.15) is 0 Å². The molecule has 0 spiro atoms. The fraction of sp³-hybridized carbons (Fsp3) is 1.00. The van der Waals surface area contributed by atoms with E-state index in [2.05, 4.69) is 13.8 Å². The van der Waals surface area contributed by atoms with Crippen molar-refractivity contribution in [3.05, 3.63) is 0 Å². The zero-order valence-corrected chi connectivity index (χ0v) is 9.18. The molecular formula is C11H25NO. The Kier molecular flexibility index (Phi) is 7.29. The zero-order chi connectivity index (χ0) is 10.2. The third-order valence-corrected chi connectivity index (χ3v) is 2.67. The second kappa shape index (κ2) is 7.34. The summed E-state index contributed by atoms with van der Waals surface area (Å²) in [5.41, 5.74) is 6.12. The molecule has 2 heteroatoms. The van der Waals surface area contributed by atoms with Crippen LogP contribution in [0.3, 0.4) is 0 Å². The summed E-state index contributed by atoms with van der Waals surface area (Å²) in [4.78, 5) is 0. The number of rotatable bonds is 8. The lowest BCUT2D eigenvalue weighted by Crippen LogP contribution is -2.40. The van der Waals surface area contributed by atoms with Gasteiger partial charge in [0.25, 0.3) is 0 Å². The van der Waals surface area contributed by atoms with Crippen LogP contribution in [0.4, 0.5) is 0 Å². The predicted octanol–water partition coefficient (Wildman–Crippen LogP) is 2.45. The van der Waals surface area contributed by atoms with Crippen LogP contribution >= 0.6 is 0 Å². The Morgan fingerprint density at radius 1 is 1.00 bits per heavy atom. The predicted molar refractivity (Wildman–Crippen MR) is 57.7 cm³/mol. The van der Waals surface area contributed by atoms with Gasteiger partial charge in [-0.2, -0.15) is 0 Å². The smallest absolute Gasteiger partial charge is 0.0448 e. The quantitative estimate of drug-likeness (QED) is 0.613. The third kappa shape index (κ3) is 6.05. The number of aliphatic hydroxyl groups is 1. The van der Waals surface area contributed by atoms with Crippen LogP contribution in [0.2, 0.25) is 0 Å². The molecular weight excluding hydrogens is 162 g/mol. The normalized spacial score (nSPS) is 12.0. The minimum Gasteiger partial charge on any atom is -0.396 e. The number of nitrogens with two attached hydrogens (primary N) is 1. The molecule has 2 nitrogen and oxygen atoms in total. The van der Waals surface area contributed by atoms with Gasteiger partial charge in [-0.25, -0.2) is 0 Å². The minimum absolute atomic E-state index is 0.0965. The van der Waals surface area contributed by atoms with Crippen LogP contribution in [-0.2, 0) is 0 Å². The average Bonchev–Trinajstić information content (AvgIpc) is 2.12. The molecule has 80 valence electrons. The lowest BCUT2D eigenvalue weighted by Gasteiger charge is -2.28. The van der Waals surface area contributed by atoms with Crippen molar-refractivity contribution in [2.45, 2.75) is 64.3 Å². The first-order valence-corrected chi connectivity index (χ1v) is 5.58. The lowest BCUT2D eigenvalue weighted by atomic mass is 9.85. The van der Waals surface area contributed by atoms with Crippen LogP contribution in [0.25, 0.3) is 0 Å². The molecule has 0 saturated carbocycles. The molecule has 0 aromatic rings. The molecule has 0 aromatic heterocycles. The first kappa shape index (κ1) is 12.9. The SMILES string of the molecule is CCCCC(N)(CCO)CCCC. The molecule has 0 aliphatic heterocycles. The fourth-order valence-corrected chi connectivity index (χ4v) is 1.66. The molecule has 0 unspecified atom stereocenters. The van der Waals surface area contributed by atoms with Crippen molar-refractivity contribution in [2.24, 2.45) is 5.73 Å². The van der Waals surface area contributed by atoms with Crippen molar-refractivity contribution >= 4 is 0 Å². The highest BCUT2D eigenvalue weighted by Gasteiger charge is 2.22. The Morgan fingerprint density at radius 2 is 1.46 bits per heavy atom. The third-order valence-electron chi connectivity index (χ3n) is 2.67. The van der Waals surface area contributed by atoms with E-state index in [0.717, 1.165) is 19.3 Å². The van der Waals surface area contributed by atoms with Crippen molar-refractivity contribution in [1.29, 1.82) is 0 Å². The van der Waals surface area contributed by atoms with E-state index in [9.17, 15) is 0 Å². The molecule has 0 rings (SSSR count). The fourth-order valence-electron chi connectivity index (χ4n) is 1.66. The van der Waals surface area contributed by atoms with Gasteiger partial charge in [-0.05, 0) is 19.3 Å². The second-order valence-electron chi connectivity index (χ2n) is 4.04.